The first-order valence-corrected chi connectivity index (χ1v) is 21.1. The Balaban J connectivity index is 0.909. The lowest BCUT2D eigenvalue weighted by molar-refractivity contribution is -0.138. The molecule has 0 aliphatic carbocycles. The molecule has 0 radical (unpaired) electrons. The monoisotopic (exact) mass is 774 g/mol. The zero-order valence-corrected chi connectivity index (χ0v) is 33.8. The van der Waals surface area contributed by atoms with Crippen LogP contribution in [0.3, 0.4) is 0 Å². The number of hydrogen-bond donors (Lipinski definition) is 4. The Hall–Kier alpha value is -5.17. The van der Waals surface area contributed by atoms with Crippen LogP contribution in [-0.4, -0.2) is 115 Å². The highest BCUT2D eigenvalue weighted by molar-refractivity contribution is 5.88. The van der Waals surface area contributed by atoms with Gasteiger partial charge < -0.3 is 35.3 Å². The number of hydrogen-bond acceptors (Lipinski definition) is 6. The second-order valence-electron chi connectivity index (χ2n) is 16.9. The van der Waals surface area contributed by atoms with Crippen molar-refractivity contribution in [2.75, 3.05) is 45.8 Å². The number of aromatic nitrogens is 4. The van der Waals surface area contributed by atoms with Gasteiger partial charge in [0.15, 0.2) is 0 Å². The molecule has 4 fully saturated rings. The number of H-pyrrole nitrogens is 2. The first kappa shape index (κ1) is 38.7. The van der Waals surface area contributed by atoms with Gasteiger partial charge in [0.05, 0.1) is 35.9 Å². The summed E-state index contributed by atoms with van der Waals surface area (Å²) >= 11 is 0. The van der Waals surface area contributed by atoms with Gasteiger partial charge in [-0.2, -0.15) is 0 Å². The second-order valence-corrected chi connectivity index (χ2v) is 16.9. The van der Waals surface area contributed by atoms with Crippen molar-refractivity contribution in [2.24, 2.45) is 11.8 Å². The summed E-state index contributed by atoms with van der Waals surface area (Å²) < 4.78 is 0. The van der Waals surface area contributed by atoms with E-state index >= 15 is 0 Å². The van der Waals surface area contributed by atoms with E-state index < -0.39 is 6.04 Å². The van der Waals surface area contributed by atoms with Gasteiger partial charge in [0.25, 0.3) is 0 Å². The highest BCUT2D eigenvalue weighted by Crippen LogP contribution is 2.36. The van der Waals surface area contributed by atoms with Crippen LogP contribution >= 0.6 is 0 Å². The molecule has 57 heavy (non-hydrogen) atoms. The number of benzene rings is 2. The molecule has 5 amide bonds. The highest BCUT2D eigenvalue weighted by atomic mass is 16.2. The van der Waals surface area contributed by atoms with Gasteiger partial charge >= 0.3 is 12.1 Å². The molecule has 13 heteroatoms. The van der Waals surface area contributed by atoms with Crippen LogP contribution < -0.4 is 10.6 Å². The number of nitrogens with zero attached hydrogens (tertiary/aromatic N) is 6. The fourth-order valence-corrected chi connectivity index (χ4v) is 9.39. The number of urea groups is 2. The van der Waals surface area contributed by atoms with Gasteiger partial charge in [-0.3, -0.25) is 9.69 Å². The molecule has 0 saturated carbocycles. The molecule has 6 heterocycles. The van der Waals surface area contributed by atoms with Crippen LogP contribution in [-0.2, 0) is 4.79 Å². The number of nitrogens with one attached hydrogen (secondary N) is 4. The smallest absolute Gasteiger partial charge is 0.318 e. The summed E-state index contributed by atoms with van der Waals surface area (Å²) in [6.07, 6.45) is 9.54. The molecule has 4 saturated heterocycles. The lowest BCUT2D eigenvalue weighted by atomic mass is 9.99. The largest absolute Gasteiger partial charge is 0.341 e. The fourth-order valence-electron chi connectivity index (χ4n) is 9.39. The molecule has 4 atom stereocenters. The molecule has 2 aromatic heterocycles. The van der Waals surface area contributed by atoms with E-state index in [2.05, 4.69) is 87.9 Å². The third kappa shape index (κ3) is 8.03. The van der Waals surface area contributed by atoms with E-state index in [-0.39, 0.29) is 42.0 Å². The number of imidazole rings is 2. The van der Waals surface area contributed by atoms with Gasteiger partial charge in [-0.15, -0.1) is 0 Å². The molecular weight excluding hydrogens is 717 g/mol. The zero-order valence-electron chi connectivity index (χ0n) is 33.8. The molecule has 0 bridgehead atoms. The molecule has 0 unspecified atom stereocenters. The van der Waals surface area contributed by atoms with Crippen LogP contribution in [0.15, 0.2) is 60.9 Å². The van der Waals surface area contributed by atoms with E-state index in [1.807, 2.05) is 36.0 Å². The molecule has 0 spiro atoms. The van der Waals surface area contributed by atoms with Gasteiger partial charge in [-0.25, -0.2) is 19.6 Å². The Kier molecular flexibility index (Phi) is 11.4. The molecule has 4 aliphatic heterocycles. The van der Waals surface area contributed by atoms with Gasteiger partial charge in [0.2, 0.25) is 5.91 Å². The van der Waals surface area contributed by atoms with E-state index in [1.54, 1.807) is 4.90 Å². The Bertz CT molecular complexity index is 2020. The van der Waals surface area contributed by atoms with Crippen LogP contribution in [0.2, 0.25) is 0 Å². The maximum atomic E-state index is 14.0. The number of likely N-dealkylation sites (tertiary alicyclic amines) is 2. The normalized spacial score (nSPS) is 21.7. The van der Waals surface area contributed by atoms with Crippen molar-refractivity contribution in [3.63, 3.8) is 0 Å². The second kappa shape index (κ2) is 16.7. The highest BCUT2D eigenvalue weighted by Gasteiger charge is 2.41. The van der Waals surface area contributed by atoms with E-state index in [4.69, 9.17) is 9.97 Å². The Morgan fingerprint density at radius 2 is 1.16 bits per heavy atom. The van der Waals surface area contributed by atoms with E-state index in [1.165, 1.54) is 0 Å². The molecule has 8 rings (SSSR count). The minimum atomic E-state index is -0.494. The van der Waals surface area contributed by atoms with Crippen LogP contribution in [0.5, 0.6) is 0 Å². The third-order valence-corrected chi connectivity index (χ3v) is 12.5. The maximum Gasteiger partial charge on any atom is 0.318 e. The van der Waals surface area contributed by atoms with Crippen LogP contribution in [0.25, 0.3) is 33.6 Å². The summed E-state index contributed by atoms with van der Waals surface area (Å²) in [6.45, 7) is 13.8. The van der Waals surface area contributed by atoms with E-state index in [0.717, 1.165) is 110 Å². The third-order valence-electron chi connectivity index (χ3n) is 12.5. The molecule has 4 aromatic rings. The van der Waals surface area contributed by atoms with Crippen LogP contribution in [0.1, 0.15) is 90.0 Å². The number of carbonyl (C=O) groups is 3. The van der Waals surface area contributed by atoms with Crippen molar-refractivity contribution >= 4 is 18.0 Å². The average molecular weight is 775 g/mol. The maximum absolute atomic E-state index is 14.0. The van der Waals surface area contributed by atoms with Gasteiger partial charge in [-0.1, -0.05) is 76.2 Å². The van der Waals surface area contributed by atoms with Crippen molar-refractivity contribution in [3.05, 3.63) is 72.6 Å². The predicted octanol–water partition coefficient (Wildman–Crippen LogP) is 6.81. The average Bonchev–Trinajstić information content (AvgIpc) is 4.05. The number of rotatable bonds is 12. The van der Waals surface area contributed by atoms with Crippen LogP contribution in [0.4, 0.5) is 9.59 Å². The van der Waals surface area contributed by atoms with Crippen molar-refractivity contribution in [1.29, 1.82) is 0 Å². The summed E-state index contributed by atoms with van der Waals surface area (Å²) in [6, 6.07) is 16.7. The van der Waals surface area contributed by atoms with Crippen LogP contribution in [0, 0.1) is 11.8 Å². The quantitative estimate of drug-likeness (QED) is 0.124. The lowest BCUT2D eigenvalue weighted by Gasteiger charge is -2.40. The minimum Gasteiger partial charge on any atom is -0.341 e. The standard InChI is InChI=1S/C44H58N10O3/c1-28(2)38(53-23-7-19-45-43(53)56)27-51-21-5-9-36(51)40-47-25-34(49-40)32-15-11-30(12-16-32)31-13-17-33(18-14-31)35-26-48-41(50-35)37-10-6-22-52(37)42(55)39(29(3)4)54-24-8-20-46-44(54)57/h11-18,25-26,28-29,36-39H,5-10,19-24,27H2,1-4H3,(H,45,56)(H,46,57)(H,47,49)(H,48,50)/t36-,37-,38+,39-/m0/s1. The summed E-state index contributed by atoms with van der Waals surface area (Å²) in [4.78, 5) is 64.4. The van der Waals surface area contributed by atoms with Gasteiger partial charge in [0, 0.05) is 45.3 Å². The Morgan fingerprint density at radius 1 is 0.649 bits per heavy atom. The van der Waals surface area contributed by atoms with Gasteiger partial charge in [0.1, 0.15) is 17.7 Å². The number of aromatic amines is 2. The summed E-state index contributed by atoms with van der Waals surface area (Å²) in [7, 11) is 0. The van der Waals surface area contributed by atoms with E-state index in [9.17, 15) is 14.4 Å². The van der Waals surface area contributed by atoms with E-state index in [0.29, 0.717) is 25.6 Å². The molecule has 4 aliphatic rings. The van der Waals surface area contributed by atoms with Crippen molar-refractivity contribution in [1.82, 2.24) is 50.2 Å². The Morgan fingerprint density at radius 3 is 1.70 bits per heavy atom. The number of carbonyl (C=O) groups excluding carboxylic acids is 3. The predicted molar refractivity (Wildman–Crippen MR) is 221 cm³/mol. The van der Waals surface area contributed by atoms with Gasteiger partial charge in [-0.05, 0) is 79.2 Å². The zero-order chi connectivity index (χ0) is 39.6. The molecule has 13 nitrogen and oxygen atoms in total. The summed E-state index contributed by atoms with van der Waals surface area (Å²) in [5.74, 6) is 2.15. The first-order valence-electron chi connectivity index (χ1n) is 21.1. The van der Waals surface area contributed by atoms with Crippen molar-refractivity contribution < 1.29 is 14.4 Å². The minimum absolute atomic E-state index is 0.00181. The molecule has 4 N–H and O–H groups in total. The first-order chi connectivity index (χ1) is 27.7. The molecule has 2 aromatic carbocycles. The Labute approximate surface area is 336 Å². The number of amides is 5. The summed E-state index contributed by atoms with van der Waals surface area (Å²) in [5.41, 5.74) is 6.28. The van der Waals surface area contributed by atoms with Crippen molar-refractivity contribution in [3.8, 4) is 33.6 Å². The molecular formula is C44H58N10O3. The SMILES string of the molecule is CC(C)[C@@H](CN1CCC[C@H]1c1ncc(-c2ccc(-c3ccc(-c4cnc([C@@H]5CCCN5C(=O)[C@H](C(C)C)N5CCCNC5=O)[nH]4)cc3)cc2)[nH]1)N1CCCNC1=O. The van der Waals surface area contributed by atoms with Crippen molar-refractivity contribution in [2.45, 2.75) is 90.4 Å². The fraction of sp³-hybridized carbons (Fsp3) is 0.523. The molecule has 302 valence electrons. The summed E-state index contributed by atoms with van der Waals surface area (Å²) in [5, 5.41) is 5.94. The topological polar surface area (TPSA) is 146 Å². The lowest BCUT2D eigenvalue weighted by Crippen LogP contribution is -2.58.